The second-order valence-electron chi connectivity index (χ2n) is 5.17. The second-order valence-corrected chi connectivity index (χ2v) is 6.36. The lowest BCUT2D eigenvalue weighted by atomic mass is 9.90. The van der Waals surface area contributed by atoms with E-state index < -0.39 is 10.3 Å². The summed E-state index contributed by atoms with van der Waals surface area (Å²) in [7, 11) is 0. The monoisotopic (exact) mass is 360 g/mol. The molecule has 0 bridgehead atoms. The highest BCUT2D eigenvalue weighted by molar-refractivity contribution is 9.10. The van der Waals surface area contributed by atoms with Crippen LogP contribution in [0, 0.1) is 0 Å². The average molecular weight is 361 g/mol. The van der Waals surface area contributed by atoms with Crippen molar-refractivity contribution >= 4 is 27.7 Å². The Morgan fingerprint density at radius 3 is 1.95 bits per heavy atom. The van der Waals surface area contributed by atoms with Gasteiger partial charge in [0.05, 0.1) is 6.10 Å². The molecule has 4 heteroatoms. The predicted molar refractivity (Wildman–Crippen MR) is 89.0 cm³/mol. The first-order valence-electron chi connectivity index (χ1n) is 7.01. The van der Waals surface area contributed by atoms with Gasteiger partial charge in [0.1, 0.15) is 0 Å². The van der Waals surface area contributed by atoms with E-state index in [0.29, 0.717) is 11.1 Å². The number of carbonyl (C=O) groups is 2. The molecule has 22 heavy (non-hydrogen) atoms. The Morgan fingerprint density at radius 1 is 0.955 bits per heavy atom. The number of alkyl halides is 1. The zero-order valence-electron chi connectivity index (χ0n) is 12.5. The van der Waals surface area contributed by atoms with E-state index in [1.165, 1.54) is 0 Å². The number of Topliss-reactive ketones (excluding diaryl/α,β-unsaturated/α-hetero) is 1. The Bertz CT molecular complexity index is 653. The molecule has 1 atom stereocenters. The molecule has 0 spiro atoms. The van der Waals surface area contributed by atoms with E-state index in [1.807, 2.05) is 12.1 Å². The molecule has 0 aliphatic rings. The maximum atomic E-state index is 12.9. The fourth-order valence-electron chi connectivity index (χ4n) is 2.09. The third kappa shape index (κ3) is 3.28. The van der Waals surface area contributed by atoms with Crippen LogP contribution < -0.4 is 0 Å². The number of carbonyl (C=O) groups excluding carboxylic acids is 2. The van der Waals surface area contributed by atoms with E-state index in [4.69, 9.17) is 4.74 Å². The van der Waals surface area contributed by atoms with E-state index in [9.17, 15) is 9.59 Å². The van der Waals surface area contributed by atoms with Crippen LogP contribution in [0.15, 0.2) is 60.7 Å². The van der Waals surface area contributed by atoms with Crippen molar-refractivity contribution in [3.8, 4) is 0 Å². The van der Waals surface area contributed by atoms with Gasteiger partial charge in [-0.1, -0.05) is 76.6 Å². The van der Waals surface area contributed by atoms with E-state index in [-0.39, 0.29) is 11.9 Å². The summed E-state index contributed by atoms with van der Waals surface area (Å²) in [4.78, 5) is 25.5. The molecule has 2 aromatic rings. The summed E-state index contributed by atoms with van der Waals surface area (Å²) in [5.41, 5.74) is 0.999. The number of hydrogen-bond donors (Lipinski definition) is 0. The average Bonchev–Trinajstić information content (AvgIpc) is 2.54. The third-order valence-corrected chi connectivity index (χ3v) is 4.29. The van der Waals surface area contributed by atoms with Crippen LogP contribution >= 0.6 is 15.9 Å². The summed E-state index contributed by atoms with van der Waals surface area (Å²) >= 11 is 3.37. The van der Waals surface area contributed by atoms with Crippen LogP contribution in [0.4, 0.5) is 0 Å². The second kappa shape index (κ2) is 6.88. The number of esters is 1. The van der Waals surface area contributed by atoms with Gasteiger partial charge in [-0.2, -0.15) is 0 Å². The molecule has 0 saturated carbocycles. The van der Waals surface area contributed by atoms with Gasteiger partial charge in [0.2, 0.25) is 4.32 Å². The van der Waals surface area contributed by atoms with Crippen molar-refractivity contribution in [2.75, 3.05) is 0 Å². The van der Waals surface area contributed by atoms with Gasteiger partial charge in [0.25, 0.3) is 0 Å². The molecule has 0 saturated heterocycles. The summed E-state index contributed by atoms with van der Waals surface area (Å²) in [5, 5.41) is 0. The molecule has 0 fully saturated rings. The van der Waals surface area contributed by atoms with Crippen LogP contribution in [0.3, 0.4) is 0 Å². The standard InChI is InChI=1S/C18H17BrO3/c1-13(2)22-17(21)18(19,15-11-7-4-8-12-15)16(20)14-9-5-3-6-10-14/h3-13H,1-2H3. The number of ether oxygens (including phenoxy) is 1. The molecule has 3 nitrogen and oxygen atoms in total. The fraction of sp³-hybridized carbons (Fsp3) is 0.222. The number of ketones is 1. The quantitative estimate of drug-likeness (QED) is 0.348. The molecule has 0 aromatic heterocycles. The topological polar surface area (TPSA) is 43.4 Å². The molecule has 0 heterocycles. The minimum Gasteiger partial charge on any atom is -0.461 e. The molecule has 0 aliphatic carbocycles. The molecule has 0 N–H and O–H groups in total. The van der Waals surface area contributed by atoms with Crippen molar-refractivity contribution in [2.24, 2.45) is 0 Å². The highest BCUT2D eigenvalue weighted by atomic mass is 79.9. The van der Waals surface area contributed by atoms with E-state index >= 15 is 0 Å². The molecular weight excluding hydrogens is 344 g/mol. The van der Waals surface area contributed by atoms with Gasteiger partial charge in [-0.05, 0) is 19.4 Å². The molecule has 0 amide bonds. The Labute approximate surface area is 138 Å². The highest BCUT2D eigenvalue weighted by Gasteiger charge is 2.47. The van der Waals surface area contributed by atoms with Gasteiger partial charge in [0.15, 0.2) is 5.78 Å². The molecule has 2 aromatic carbocycles. The molecule has 114 valence electrons. The van der Waals surface area contributed by atoms with Crippen molar-refractivity contribution in [2.45, 2.75) is 24.3 Å². The third-order valence-electron chi connectivity index (χ3n) is 3.14. The molecular formula is C18H17BrO3. The normalized spacial score (nSPS) is 13.5. The number of benzene rings is 2. The molecule has 2 rings (SSSR count). The Kier molecular flexibility index (Phi) is 5.14. The zero-order valence-corrected chi connectivity index (χ0v) is 14.0. The number of rotatable bonds is 5. The lowest BCUT2D eigenvalue weighted by molar-refractivity contribution is -0.148. The van der Waals surface area contributed by atoms with Crippen molar-refractivity contribution < 1.29 is 14.3 Å². The lowest BCUT2D eigenvalue weighted by Gasteiger charge is -2.25. The zero-order chi connectivity index (χ0) is 16.2. The number of hydrogen-bond acceptors (Lipinski definition) is 3. The number of halogens is 1. The maximum absolute atomic E-state index is 12.9. The van der Waals surface area contributed by atoms with Gasteiger partial charge in [-0.25, -0.2) is 4.79 Å². The van der Waals surface area contributed by atoms with Crippen LogP contribution in [0.1, 0.15) is 29.8 Å². The summed E-state index contributed by atoms with van der Waals surface area (Å²) in [6.07, 6.45) is -0.309. The Hall–Kier alpha value is -1.94. The Balaban J connectivity index is 2.51. The molecule has 0 aliphatic heterocycles. The molecule has 0 radical (unpaired) electrons. The minimum absolute atomic E-state index is 0.309. The van der Waals surface area contributed by atoms with Crippen LogP contribution in [0.2, 0.25) is 0 Å². The van der Waals surface area contributed by atoms with E-state index in [0.717, 1.165) is 0 Å². The summed E-state index contributed by atoms with van der Waals surface area (Å²) < 4.78 is 3.76. The van der Waals surface area contributed by atoms with Gasteiger partial charge in [-0.15, -0.1) is 0 Å². The fourth-order valence-corrected chi connectivity index (χ4v) is 2.68. The highest BCUT2D eigenvalue weighted by Crippen LogP contribution is 2.37. The summed E-state index contributed by atoms with van der Waals surface area (Å²) in [5.74, 6) is -0.951. The van der Waals surface area contributed by atoms with Gasteiger partial charge < -0.3 is 4.74 Å². The summed E-state index contributed by atoms with van der Waals surface area (Å²) in [6.45, 7) is 3.51. The van der Waals surface area contributed by atoms with Crippen LogP contribution in [-0.2, 0) is 13.9 Å². The van der Waals surface area contributed by atoms with Crippen molar-refractivity contribution in [3.05, 3.63) is 71.8 Å². The van der Waals surface area contributed by atoms with Crippen LogP contribution in [0.25, 0.3) is 0 Å². The molecule has 1 unspecified atom stereocenters. The minimum atomic E-state index is -1.54. The van der Waals surface area contributed by atoms with Crippen LogP contribution in [0.5, 0.6) is 0 Å². The lowest BCUT2D eigenvalue weighted by Crippen LogP contribution is -2.40. The first-order chi connectivity index (χ1) is 10.5. The van der Waals surface area contributed by atoms with Gasteiger partial charge >= 0.3 is 5.97 Å². The van der Waals surface area contributed by atoms with Gasteiger partial charge in [0, 0.05) is 5.56 Å². The first kappa shape index (κ1) is 16.4. The summed E-state index contributed by atoms with van der Waals surface area (Å²) in [6, 6.07) is 17.6. The van der Waals surface area contributed by atoms with Crippen molar-refractivity contribution in [3.63, 3.8) is 0 Å². The van der Waals surface area contributed by atoms with E-state index in [1.54, 1.807) is 62.4 Å². The van der Waals surface area contributed by atoms with Crippen molar-refractivity contribution in [1.82, 2.24) is 0 Å². The Morgan fingerprint density at radius 2 is 1.45 bits per heavy atom. The first-order valence-corrected chi connectivity index (χ1v) is 7.81. The van der Waals surface area contributed by atoms with E-state index in [2.05, 4.69) is 15.9 Å². The largest absolute Gasteiger partial charge is 0.461 e. The van der Waals surface area contributed by atoms with Crippen molar-refractivity contribution in [1.29, 1.82) is 0 Å². The maximum Gasteiger partial charge on any atom is 0.335 e. The van der Waals surface area contributed by atoms with Crippen LogP contribution in [-0.4, -0.2) is 17.9 Å². The predicted octanol–water partition coefficient (Wildman–Crippen LogP) is 4.11. The van der Waals surface area contributed by atoms with Gasteiger partial charge in [-0.3, -0.25) is 4.79 Å². The smallest absolute Gasteiger partial charge is 0.335 e. The SMILES string of the molecule is CC(C)OC(=O)C(Br)(C(=O)c1ccccc1)c1ccccc1.